The Bertz CT molecular complexity index is 282. The van der Waals surface area contributed by atoms with E-state index in [-0.39, 0.29) is 60.9 Å². The number of carboxylic acids is 1. The number of carbonyl (C=O) groups excluding carboxylic acids is 1. The van der Waals surface area contributed by atoms with Gasteiger partial charge in [-0.2, -0.15) is 0 Å². The predicted octanol–water partition coefficient (Wildman–Crippen LogP) is 1.72. The van der Waals surface area contributed by atoms with E-state index in [1.165, 1.54) is 6.92 Å². The van der Waals surface area contributed by atoms with Crippen molar-refractivity contribution >= 4 is 11.8 Å². The van der Waals surface area contributed by atoms with Gasteiger partial charge in [0.05, 0.1) is 6.10 Å². The molecule has 0 heterocycles. The van der Waals surface area contributed by atoms with E-state index in [0.717, 1.165) is 5.57 Å². The first kappa shape index (κ1) is 29.2. The first-order valence-electron chi connectivity index (χ1n) is 6.08. The van der Waals surface area contributed by atoms with Crippen LogP contribution in [0.3, 0.4) is 0 Å². The summed E-state index contributed by atoms with van der Waals surface area (Å²) in [6, 6.07) is 0. The van der Waals surface area contributed by atoms with Crippen molar-refractivity contribution in [2.24, 2.45) is 0 Å². The summed E-state index contributed by atoms with van der Waals surface area (Å²) in [5.74, 6) is -1.37. The molecule has 1 unspecified atom stereocenters. The van der Waals surface area contributed by atoms with Gasteiger partial charge in [0.1, 0.15) is 25.4 Å². The second kappa shape index (κ2) is 20.1. The summed E-state index contributed by atoms with van der Waals surface area (Å²) in [6.07, 6.45) is 1.86. The molecular weight excluding hydrogens is 620 g/mol. The molecule has 0 aliphatic carbocycles. The van der Waals surface area contributed by atoms with Crippen molar-refractivity contribution in [1.29, 1.82) is 0 Å². The number of aliphatic carboxylic acids is 1. The predicted molar refractivity (Wildman–Crippen MR) is 70.6 cm³/mol. The van der Waals surface area contributed by atoms with Gasteiger partial charge in [-0.1, -0.05) is 13.0 Å². The Kier molecular flexibility index (Phi) is 28.0. The maximum absolute atomic E-state index is 9.87. The van der Waals surface area contributed by atoms with Crippen molar-refractivity contribution in [3.05, 3.63) is 11.6 Å². The maximum Gasteiger partial charge on any atom is 0.310 e. The number of hydrogen-bond acceptors (Lipinski definition) is 5. The topological polar surface area (TPSA) is 93.1 Å². The van der Waals surface area contributed by atoms with Gasteiger partial charge in [0.2, 0.25) is 0 Å². The molecule has 2 N–H and O–H groups in total. The molecule has 0 rings (SSSR count). The number of allylic oxidation sites excluding steroid dienone is 1. The number of aliphatic hydroxyl groups excluding tert-OH is 1. The largest absolute Gasteiger partial charge is 0.481 e. The number of carboxylic acid groups (broad SMARTS) is 1. The fourth-order valence-corrected chi connectivity index (χ4v) is 0.675. The molecule has 0 saturated heterocycles. The van der Waals surface area contributed by atoms with Crippen LogP contribution >= 0.6 is 0 Å². The van der Waals surface area contributed by atoms with Gasteiger partial charge in [0.15, 0.2) is 0 Å². The molecular formula is C13H24O6W2. The Balaban J connectivity index is -0.000000140. The molecule has 6 nitrogen and oxygen atoms in total. The van der Waals surface area contributed by atoms with Crippen molar-refractivity contribution < 1.29 is 71.7 Å². The zero-order valence-electron chi connectivity index (χ0n) is 12.8. The molecule has 0 saturated carbocycles. The Hall–Kier alpha value is 0.137. The van der Waals surface area contributed by atoms with E-state index in [1.54, 1.807) is 0 Å². The molecule has 0 aliphatic heterocycles. The first-order valence-corrected chi connectivity index (χ1v) is 6.08. The number of rotatable bonds is 8. The van der Waals surface area contributed by atoms with E-state index in [1.807, 2.05) is 26.8 Å². The Labute approximate surface area is 154 Å². The van der Waals surface area contributed by atoms with Gasteiger partial charge in [0.25, 0.3) is 0 Å². The van der Waals surface area contributed by atoms with Crippen LogP contribution in [0.25, 0.3) is 0 Å². The van der Waals surface area contributed by atoms with Gasteiger partial charge >= 0.3 is 5.97 Å². The molecule has 0 aromatic carbocycles. The van der Waals surface area contributed by atoms with Crippen molar-refractivity contribution in [3.63, 3.8) is 0 Å². The quantitative estimate of drug-likeness (QED) is 0.138. The van der Waals surface area contributed by atoms with Crippen molar-refractivity contribution in [2.75, 3.05) is 13.2 Å². The van der Waals surface area contributed by atoms with Crippen LogP contribution in [0.4, 0.5) is 0 Å². The van der Waals surface area contributed by atoms with Crippen molar-refractivity contribution in [1.82, 2.24) is 0 Å². The molecule has 0 bridgehead atoms. The number of Topliss-reactive ketones (excluding diaryl/α,β-unsaturated/α-hetero) is 1. The van der Waals surface area contributed by atoms with Gasteiger partial charge in [0, 0.05) is 42.1 Å². The number of aliphatic hydroxyl groups is 1. The molecule has 21 heavy (non-hydrogen) atoms. The fraction of sp³-hybridized carbons (Fsp3) is 0.692. The van der Waals surface area contributed by atoms with Crippen molar-refractivity contribution in [3.8, 4) is 0 Å². The third-order valence-electron chi connectivity index (χ3n) is 1.99. The van der Waals surface area contributed by atoms with E-state index < -0.39 is 12.1 Å². The summed E-state index contributed by atoms with van der Waals surface area (Å²) < 4.78 is 0. The van der Waals surface area contributed by atoms with Crippen LogP contribution in [-0.2, 0) is 61.5 Å². The van der Waals surface area contributed by atoms with E-state index in [2.05, 4.69) is 0 Å². The molecule has 0 fully saturated rings. The van der Waals surface area contributed by atoms with Crippen LogP contribution in [0.15, 0.2) is 11.6 Å². The molecule has 1 atom stereocenters. The van der Waals surface area contributed by atoms with Gasteiger partial charge in [-0.15, -0.1) is 0 Å². The summed E-state index contributed by atoms with van der Waals surface area (Å²) in [6.45, 7) is 7.75. The number of carbonyl (C=O) groups is 2. The van der Waals surface area contributed by atoms with Crippen LogP contribution in [0.5, 0.6) is 0 Å². The minimum absolute atomic E-state index is 0. The average molecular weight is 644 g/mol. The SMILES string of the molecule is C/C=C(/C)COOCC(O)CC.CC(=O)CC(=O)O.[W].[W]. The van der Waals surface area contributed by atoms with E-state index in [0.29, 0.717) is 13.0 Å². The molecule has 0 aromatic rings. The third-order valence-corrected chi connectivity index (χ3v) is 1.99. The maximum atomic E-state index is 9.87. The zero-order valence-corrected chi connectivity index (χ0v) is 18.7. The standard InChI is InChI=1S/C9H18O3.C4H6O3.2W/c1-4-8(3)6-11-12-7-9(10)5-2;1-3(5)2-4(6)7;;/h4,9-10H,5-7H2,1-3H3;2H2,1H3,(H,6,7);;/b8-4-;;;. The van der Waals surface area contributed by atoms with Crippen LogP contribution < -0.4 is 0 Å². The summed E-state index contributed by atoms with van der Waals surface area (Å²) in [7, 11) is 0. The monoisotopic (exact) mass is 644 g/mol. The van der Waals surface area contributed by atoms with E-state index >= 15 is 0 Å². The summed E-state index contributed by atoms with van der Waals surface area (Å²) in [5, 5.41) is 16.9. The van der Waals surface area contributed by atoms with Gasteiger partial charge in [-0.25, -0.2) is 9.78 Å². The van der Waals surface area contributed by atoms with Gasteiger partial charge in [-0.05, 0) is 32.8 Å². The minimum atomic E-state index is -1.06. The van der Waals surface area contributed by atoms with E-state index in [9.17, 15) is 9.59 Å². The second-order valence-electron chi connectivity index (χ2n) is 4.02. The molecule has 0 aromatic heterocycles. The Morgan fingerprint density at radius 2 is 1.71 bits per heavy atom. The summed E-state index contributed by atoms with van der Waals surface area (Å²) in [4.78, 5) is 29.1. The van der Waals surface area contributed by atoms with Crippen LogP contribution in [-0.4, -0.2) is 41.3 Å². The normalized spacial score (nSPS) is 11.2. The van der Waals surface area contributed by atoms with Crippen LogP contribution in [0.1, 0.15) is 40.5 Å². The molecule has 0 amide bonds. The summed E-state index contributed by atoms with van der Waals surface area (Å²) in [5.41, 5.74) is 1.11. The minimum Gasteiger partial charge on any atom is -0.481 e. The first-order chi connectivity index (χ1) is 8.83. The van der Waals surface area contributed by atoms with E-state index in [4.69, 9.17) is 20.0 Å². The Morgan fingerprint density at radius 1 is 1.19 bits per heavy atom. The number of ketones is 1. The second-order valence-corrected chi connectivity index (χ2v) is 4.02. The van der Waals surface area contributed by atoms with Gasteiger partial charge < -0.3 is 10.2 Å². The average Bonchev–Trinajstić information content (AvgIpc) is 2.32. The third kappa shape index (κ3) is 28.9. The zero-order chi connectivity index (χ0) is 15.3. The van der Waals surface area contributed by atoms with Crippen LogP contribution in [0, 0.1) is 0 Å². The molecule has 0 aliphatic rings. The molecule has 124 valence electrons. The summed E-state index contributed by atoms with van der Waals surface area (Å²) >= 11 is 0. The molecule has 0 radical (unpaired) electrons. The number of hydrogen-bond donors (Lipinski definition) is 2. The Morgan fingerprint density at radius 3 is 2.00 bits per heavy atom. The van der Waals surface area contributed by atoms with Crippen LogP contribution in [0.2, 0.25) is 0 Å². The smallest absolute Gasteiger partial charge is 0.310 e. The molecule has 8 heteroatoms. The molecule has 0 spiro atoms. The fourth-order valence-electron chi connectivity index (χ4n) is 0.675. The van der Waals surface area contributed by atoms with Gasteiger partial charge in [-0.3, -0.25) is 9.59 Å². The van der Waals surface area contributed by atoms with Crippen molar-refractivity contribution in [2.45, 2.75) is 46.6 Å².